The SMILES string of the molecule is CSc1nc2ccc(NC3CCCC(C)(C)CC3)cc2s1. The summed E-state index contributed by atoms with van der Waals surface area (Å²) in [4.78, 5) is 4.61. The van der Waals surface area contributed by atoms with Gasteiger partial charge in [-0.3, -0.25) is 0 Å². The zero-order valence-electron chi connectivity index (χ0n) is 13.1. The van der Waals surface area contributed by atoms with Gasteiger partial charge in [0, 0.05) is 11.7 Å². The van der Waals surface area contributed by atoms with Crippen LogP contribution in [0.3, 0.4) is 0 Å². The van der Waals surface area contributed by atoms with E-state index in [9.17, 15) is 0 Å². The predicted octanol–water partition coefficient (Wildman–Crippen LogP) is 5.79. The van der Waals surface area contributed by atoms with Gasteiger partial charge in [-0.1, -0.05) is 32.0 Å². The molecule has 4 heteroatoms. The predicted molar refractivity (Wildman–Crippen MR) is 95.7 cm³/mol. The first-order chi connectivity index (χ1) is 10.1. The van der Waals surface area contributed by atoms with Crippen LogP contribution in [0.25, 0.3) is 10.2 Å². The average Bonchev–Trinajstić information content (AvgIpc) is 2.78. The molecule has 1 aromatic heterocycles. The molecule has 0 amide bonds. The molecule has 2 nitrogen and oxygen atoms in total. The second-order valence-corrected chi connectivity index (χ2v) is 8.89. The highest BCUT2D eigenvalue weighted by Gasteiger charge is 2.24. The number of hydrogen-bond acceptors (Lipinski definition) is 4. The van der Waals surface area contributed by atoms with E-state index in [2.05, 4.69) is 48.6 Å². The van der Waals surface area contributed by atoms with Gasteiger partial charge in [0.05, 0.1) is 10.2 Å². The molecule has 1 aliphatic rings. The first-order valence-corrected chi connectivity index (χ1v) is 9.81. The molecule has 114 valence electrons. The van der Waals surface area contributed by atoms with E-state index >= 15 is 0 Å². The number of benzene rings is 1. The van der Waals surface area contributed by atoms with Crippen molar-refractivity contribution >= 4 is 39.0 Å². The normalized spacial score (nSPS) is 22.1. The molecular weight excluding hydrogens is 296 g/mol. The summed E-state index contributed by atoms with van der Waals surface area (Å²) >= 11 is 3.51. The van der Waals surface area contributed by atoms with Gasteiger partial charge in [0.1, 0.15) is 0 Å². The Kier molecular flexibility index (Phi) is 4.46. The van der Waals surface area contributed by atoms with Crippen LogP contribution in [0.15, 0.2) is 22.5 Å². The number of thioether (sulfide) groups is 1. The van der Waals surface area contributed by atoms with Gasteiger partial charge in [-0.05, 0) is 55.6 Å². The van der Waals surface area contributed by atoms with Crippen LogP contribution in [0, 0.1) is 5.41 Å². The summed E-state index contributed by atoms with van der Waals surface area (Å²) in [7, 11) is 0. The quantitative estimate of drug-likeness (QED) is 0.572. The Bertz CT molecular complexity index is 618. The van der Waals surface area contributed by atoms with E-state index in [1.165, 1.54) is 42.5 Å². The molecule has 1 N–H and O–H groups in total. The highest BCUT2D eigenvalue weighted by Crippen LogP contribution is 2.35. The van der Waals surface area contributed by atoms with Crippen LogP contribution in [0.2, 0.25) is 0 Å². The average molecular weight is 321 g/mol. The first kappa shape index (κ1) is 15.2. The largest absolute Gasteiger partial charge is 0.382 e. The van der Waals surface area contributed by atoms with Crippen molar-refractivity contribution in [3.05, 3.63) is 18.2 Å². The van der Waals surface area contributed by atoms with Crippen LogP contribution in [0.5, 0.6) is 0 Å². The smallest absolute Gasteiger partial charge is 0.150 e. The number of hydrogen-bond donors (Lipinski definition) is 1. The lowest BCUT2D eigenvalue weighted by Gasteiger charge is -2.22. The monoisotopic (exact) mass is 320 g/mol. The molecule has 2 aromatic rings. The minimum absolute atomic E-state index is 0.519. The molecule has 0 spiro atoms. The summed E-state index contributed by atoms with van der Waals surface area (Å²) in [6.45, 7) is 4.81. The molecule has 1 aliphatic carbocycles. The summed E-state index contributed by atoms with van der Waals surface area (Å²) in [5.41, 5.74) is 2.89. The zero-order valence-corrected chi connectivity index (χ0v) is 14.7. The van der Waals surface area contributed by atoms with E-state index in [0.717, 1.165) is 9.86 Å². The third-order valence-electron chi connectivity index (χ3n) is 4.49. The van der Waals surface area contributed by atoms with Crippen molar-refractivity contribution in [3.8, 4) is 0 Å². The highest BCUT2D eigenvalue weighted by molar-refractivity contribution is 8.00. The maximum atomic E-state index is 4.61. The molecule has 1 aromatic carbocycles. The summed E-state index contributed by atoms with van der Waals surface area (Å²) in [5, 5.41) is 3.75. The number of thiazole rings is 1. The fourth-order valence-corrected chi connectivity index (χ4v) is 4.65. The van der Waals surface area contributed by atoms with Crippen molar-refractivity contribution < 1.29 is 0 Å². The van der Waals surface area contributed by atoms with E-state index in [4.69, 9.17) is 0 Å². The lowest BCUT2D eigenvalue weighted by molar-refractivity contribution is 0.313. The fourth-order valence-electron chi connectivity index (χ4n) is 3.12. The molecule has 3 rings (SSSR count). The van der Waals surface area contributed by atoms with Gasteiger partial charge in [0.25, 0.3) is 0 Å². The van der Waals surface area contributed by atoms with Gasteiger partial charge in [-0.15, -0.1) is 11.3 Å². The lowest BCUT2D eigenvalue weighted by Crippen LogP contribution is -2.19. The van der Waals surface area contributed by atoms with E-state index in [-0.39, 0.29) is 0 Å². The third-order valence-corrected chi connectivity index (χ3v) is 6.49. The first-order valence-electron chi connectivity index (χ1n) is 7.77. The summed E-state index contributed by atoms with van der Waals surface area (Å²) in [5.74, 6) is 0. The van der Waals surface area contributed by atoms with E-state index in [1.807, 2.05) is 0 Å². The molecule has 1 saturated carbocycles. The number of nitrogens with zero attached hydrogens (tertiary/aromatic N) is 1. The standard InChI is InChI=1S/C17H24N2S2/c1-17(2)9-4-5-12(8-10-17)18-13-6-7-14-15(11-13)21-16(19-14)20-3/h6-7,11-12,18H,4-5,8-10H2,1-3H3. The van der Waals surface area contributed by atoms with Crippen molar-refractivity contribution in [1.29, 1.82) is 0 Å². The number of nitrogens with one attached hydrogen (secondary N) is 1. The Hall–Kier alpha value is -0.740. The topological polar surface area (TPSA) is 24.9 Å². The maximum absolute atomic E-state index is 4.61. The van der Waals surface area contributed by atoms with Gasteiger partial charge in [-0.2, -0.15) is 0 Å². The van der Waals surface area contributed by atoms with Crippen LogP contribution in [-0.4, -0.2) is 17.3 Å². The molecule has 0 aliphatic heterocycles. The van der Waals surface area contributed by atoms with E-state index in [1.54, 1.807) is 23.1 Å². The molecule has 0 bridgehead atoms. The number of aromatic nitrogens is 1. The molecule has 1 unspecified atom stereocenters. The second-order valence-electron chi connectivity index (χ2n) is 6.80. The van der Waals surface area contributed by atoms with Crippen LogP contribution in [0.4, 0.5) is 5.69 Å². The molecule has 1 atom stereocenters. The Morgan fingerprint density at radius 3 is 2.95 bits per heavy atom. The molecule has 1 heterocycles. The second kappa shape index (κ2) is 6.17. The zero-order chi connectivity index (χ0) is 14.9. The van der Waals surface area contributed by atoms with E-state index < -0.39 is 0 Å². The maximum Gasteiger partial charge on any atom is 0.150 e. The third kappa shape index (κ3) is 3.72. The number of fused-ring (bicyclic) bond motifs is 1. The molecule has 21 heavy (non-hydrogen) atoms. The van der Waals surface area contributed by atoms with E-state index in [0.29, 0.717) is 11.5 Å². The summed E-state index contributed by atoms with van der Waals surface area (Å²) in [6.07, 6.45) is 8.68. The van der Waals surface area contributed by atoms with Crippen molar-refractivity contribution in [3.63, 3.8) is 0 Å². The van der Waals surface area contributed by atoms with Crippen molar-refractivity contribution in [1.82, 2.24) is 4.98 Å². The lowest BCUT2D eigenvalue weighted by atomic mass is 9.85. The molecule has 1 fully saturated rings. The Labute approximate surface area is 135 Å². The van der Waals surface area contributed by atoms with Crippen molar-refractivity contribution in [2.75, 3.05) is 11.6 Å². The van der Waals surface area contributed by atoms with Gasteiger partial charge in [0.2, 0.25) is 0 Å². The molecule has 0 radical (unpaired) electrons. The Morgan fingerprint density at radius 2 is 2.14 bits per heavy atom. The van der Waals surface area contributed by atoms with Gasteiger partial charge in [-0.25, -0.2) is 4.98 Å². The van der Waals surface area contributed by atoms with Crippen LogP contribution < -0.4 is 5.32 Å². The minimum Gasteiger partial charge on any atom is -0.382 e. The van der Waals surface area contributed by atoms with Crippen molar-refractivity contribution in [2.45, 2.75) is 56.3 Å². The van der Waals surface area contributed by atoms with Gasteiger partial charge < -0.3 is 5.32 Å². The summed E-state index contributed by atoms with van der Waals surface area (Å²) < 4.78 is 2.44. The van der Waals surface area contributed by atoms with Gasteiger partial charge >= 0.3 is 0 Å². The highest BCUT2D eigenvalue weighted by atomic mass is 32.2. The van der Waals surface area contributed by atoms with Gasteiger partial charge in [0.15, 0.2) is 4.34 Å². The van der Waals surface area contributed by atoms with Crippen LogP contribution >= 0.6 is 23.1 Å². The Balaban J connectivity index is 1.72. The number of rotatable bonds is 3. The minimum atomic E-state index is 0.519. The number of anilines is 1. The van der Waals surface area contributed by atoms with Crippen LogP contribution in [0.1, 0.15) is 46.0 Å². The van der Waals surface area contributed by atoms with Crippen molar-refractivity contribution in [2.24, 2.45) is 5.41 Å². The molecule has 0 saturated heterocycles. The Morgan fingerprint density at radius 1 is 1.29 bits per heavy atom. The summed E-state index contributed by atoms with van der Waals surface area (Å²) in [6, 6.07) is 7.22. The van der Waals surface area contributed by atoms with Crippen LogP contribution in [-0.2, 0) is 0 Å². The molecular formula is C17H24N2S2. The fraction of sp³-hybridized carbons (Fsp3) is 0.588.